The van der Waals surface area contributed by atoms with Crippen LogP contribution >= 0.6 is 0 Å². The zero-order valence-corrected chi connectivity index (χ0v) is 12.1. The molecule has 1 saturated carbocycles. The number of rotatable bonds is 3. The normalized spacial score (nSPS) is 21.8. The predicted molar refractivity (Wildman–Crippen MR) is 78.5 cm³/mol. The van der Waals surface area contributed by atoms with E-state index in [2.05, 4.69) is 45.0 Å². The van der Waals surface area contributed by atoms with Crippen LogP contribution < -0.4 is 5.73 Å². The molecule has 0 amide bonds. The van der Waals surface area contributed by atoms with Gasteiger partial charge in [-0.15, -0.1) is 0 Å². The van der Waals surface area contributed by atoms with Gasteiger partial charge in [0.15, 0.2) is 0 Å². The highest BCUT2D eigenvalue weighted by molar-refractivity contribution is 5.25. The Bertz CT molecular complexity index is 367. The second kappa shape index (κ2) is 5.44. The van der Waals surface area contributed by atoms with E-state index < -0.39 is 0 Å². The summed E-state index contributed by atoms with van der Waals surface area (Å²) in [5.41, 5.74) is 9.70. The Morgan fingerprint density at radius 2 is 1.72 bits per heavy atom. The van der Waals surface area contributed by atoms with Gasteiger partial charge in [0.1, 0.15) is 0 Å². The van der Waals surface area contributed by atoms with Gasteiger partial charge < -0.3 is 5.73 Å². The van der Waals surface area contributed by atoms with E-state index in [0.717, 1.165) is 6.42 Å². The molecule has 1 aliphatic rings. The van der Waals surface area contributed by atoms with Crippen molar-refractivity contribution in [2.24, 2.45) is 17.1 Å². The van der Waals surface area contributed by atoms with Crippen molar-refractivity contribution in [2.45, 2.75) is 58.9 Å². The maximum absolute atomic E-state index is 6.45. The number of hydrogen-bond donors (Lipinski definition) is 1. The fourth-order valence-electron chi connectivity index (χ4n) is 3.03. The molecule has 0 spiro atoms. The van der Waals surface area contributed by atoms with Crippen LogP contribution in [0.2, 0.25) is 0 Å². The molecule has 2 rings (SSSR count). The Kier molecular flexibility index (Phi) is 4.11. The molecule has 0 heterocycles. The first-order valence-corrected chi connectivity index (χ1v) is 7.36. The van der Waals surface area contributed by atoms with E-state index >= 15 is 0 Å². The first-order valence-electron chi connectivity index (χ1n) is 7.36. The number of aryl methyl sites for hydroxylation is 1. The maximum atomic E-state index is 6.45. The van der Waals surface area contributed by atoms with Gasteiger partial charge in [-0.25, -0.2) is 0 Å². The van der Waals surface area contributed by atoms with Crippen LogP contribution in [-0.2, 0) is 6.42 Å². The third-order valence-corrected chi connectivity index (χ3v) is 4.66. The number of hydrogen-bond acceptors (Lipinski definition) is 1. The summed E-state index contributed by atoms with van der Waals surface area (Å²) in [5, 5.41) is 0. The topological polar surface area (TPSA) is 26.0 Å². The van der Waals surface area contributed by atoms with Crippen LogP contribution in [-0.4, -0.2) is 0 Å². The van der Waals surface area contributed by atoms with Crippen molar-refractivity contribution in [1.29, 1.82) is 0 Å². The standard InChI is InChI=1S/C17H27N/c1-4-13-5-7-14(8-6-13)16(18)15-9-11-17(2,3)12-10-15/h5-8,15-16H,4,9-12,18H2,1-3H3. The minimum absolute atomic E-state index is 0.229. The summed E-state index contributed by atoms with van der Waals surface area (Å²) in [4.78, 5) is 0. The second-order valence-corrected chi connectivity index (χ2v) is 6.62. The molecule has 18 heavy (non-hydrogen) atoms. The molecule has 1 aliphatic carbocycles. The van der Waals surface area contributed by atoms with E-state index in [4.69, 9.17) is 5.73 Å². The third kappa shape index (κ3) is 3.14. The van der Waals surface area contributed by atoms with E-state index in [1.165, 1.54) is 36.8 Å². The second-order valence-electron chi connectivity index (χ2n) is 6.62. The van der Waals surface area contributed by atoms with Gasteiger partial charge in [-0.2, -0.15) is 0 Å². The molecule has 1 nitrogen and oxygen atoms in total. The highest BCUT2D eigenvalue weighted by atomic mass is 14.7. The first-order chi connectivity index (χ1) is 8.52. The van der Waals surface area contributed by atoms with Gasteiger partial charge in [0.05, 0.1) is 0 Å². The fraction of sp³-hybridized carbons (Fsp3) is 0.647. The quantitative estimate of drug-likeness (QED) is 0.835. The molecule has 0 bridgehead atoms. The summed E-state index contributed by atoms with van der Waals surface area (Å²) < 4.78 is 0. The molecule has 2 N–H and O–H groups in total. The van der Waals surface area contributed by atoms with Gasteiger partial charge in [0.2, 0.25) is 0 Å². The lowest BCUT2D eigenvalue weighted by atomic mass is 9.70. The largest absolute Gasteiger partial charge is 0.324 e. The Hall–Kier alpha value is -0.820. The lowest BCUT2D eigenvalue weighted by Crippen LogP contribution is -2.29. The van der Waals surface area contributed by atoms with Crippen molar-refractivity contribution in [3.05, 3.63) is 35.4 Å². The van der Waals surface area contributed by atoms with Crippen LogP contribution in [0.5, 0.6) is 0 Å². The van der Waals surface area contributed by atoms with Gasteiger partial charge in [-0.1, -0.05) is 45.0 Å². The van der Waals surface area contributed by atoms with Crippen molar-refractivity contribution in [3.63, 3.8) is 0 Å². The highest BCUT2D eigenvalue weighted by Crippen LogP contribution is 2.41. The fourth-order valence-corrected chi connectivity index (χ4v) is 3.03. The Morgan fingerprint density at radius 1 is 1.17 bits per heavy atom. The first kappa shape index (κ1) is 13.6. The average molecular weight is 245 g/mol. The predicted octanol–water partition coefficient (Wildman–Crippen LogP) is 4.47. The SMILES string of the molecule is CCc1ccc(C(N)C2CCC(C)(C)CC2)cc1. The highest BCUT2D eigenvalue weighted by Gasteiger charge is 2.30. The van der Waals surface area contributed by atoms with Crippen molar-refractivity contribution in [2.75, 3.05) is 0 Å². The zero-order valence-electron chi connectivity index (χ0n) is 12.1. The lowest BCUT2D eigenvalue weighted by molar-refractivity contribution is 0.173. The minimum Gasteiger partial charge on any atom is -0.324 e. The third-order valence-electron chi connectivity index (χ3n) is 4.66. The van der Waals surface area contributed by atoms with Crippen LogP contribution in [0, 0.1) is 11.3 Å². The molecule has 1 atom stereocenters. The Morgan fingerprint density at radius 3 is 2.22 bits per heavy atom. The van der Waals surface area contributed by atoms with E-state index in [0.29, 0.717) is 11.3 Å². The molecule has 0 aliphatic heterocycles. The molecular formula is C17H27N. The van der Waals surface area contributed by atoms with Crippen molar-refractivity contribution in [3.8, 4) is 0 Å². The molecule has 0 radical (unpaired) electrons. The summed E-state index contributed by atoms with van der Waals surface area (Å²) in [6, 6.07) is 9.13. The van der Waals surface area contributed by atoms with E-state index in [1.807, 2.05) is 0 Å². The summed E-state index contributed by atoms with van der Waals surface area (Å²) >= 11 is 0. The molecule has 1 fully saturated rings. The summed E-state index contributed by atoms with van der Waals surface area (Å²) in [6.07, 6.45) is 6.30. The van der Waals surface area contributed by atoms with Crippen LogP contribution in [0.15, 0.2) is 24.3 Å². The average Bonchev–Trinajstić information content (AvgIpc) is 2.38. The van der Waals surface area contributed by atoms with Crippen LogP contribution in [0.1, 0.15) is 63.6 Å². The summed E-state index contributed by atoms with van der Waals surface area (Å²) in [7, 11) is 0. The van der Waals surface area contributed by atoms with Gasteiger partial charge in [-0.3, -0.25) is 0 Å². The van der Waals surface area contributed by atoms with Crippen LogP contribution in [0.3, 0.4) is 0 Å². The van der Waals surface area contributed by atoms with Gasteiger partial charge in [-0.05, 0) is 54.6 Å². The van der Waals surface area contributed by atoms with Gasteiger partial charge in [0.25, 0.3) is 0 Å². The maximum Gasteiger partial charge on any atom is 0.0323 e. The Balaban J connectivity index is 2.00. The monoisotopic (exact) mass is 245 g/mol. The number of benzene rings is 1. The number of nitrogens with two attached hydrogens (primary N) is 1. The van der Waals surface area contributed by atoms with Crippen molar-refractivity contribution < 1.29 is 0 Å². The van der Waals surface area contributed by atoms with Crippen molar-refractivity contribution >= 4 is 0 Å². The van der Waals surface area contributed by atoms with E-state index in [-0.39, 0.29) is 6.04 Å². The molecule has 0 saturated heterocycles. The molecule has 100 valence electrons. The minimum atomic E-state index is 0.229. The molecular weight excluding hydrogens is 218 g/mol. The van der Waals surface area contributed by atoms with Crippen LogP contribution in [0.4, 0.5) is 0 Å². The summed E-state index contributed by atoms with van der Waals surface area (Å²) in [6.45, 7) is 6.95. The Labute approximate surface area is 112 Å². The lowest BCUT2D eigenvalue weighted by Gasteiger charge is -2.37. The van der Waals surface area contributed by atoms with E-state index in [9.17, 15) is 0 Å². The zero-order chi connectivity index (χ0) is 13.2. The molecule has 1 unspecified atom stereocenters. The van der Waals surface area contributed by atoms with Crippen molar-refractivity contribution in [1.82, 2.24) is 0 Å². The molecule has 1 heteroatoms. The smallest absolute Gasteiger partial charge is 0.0323 e. The summed E-state index contributed by atoms with van der Waals surface area (Å²) in [5.74, 6) is 0.672. The van der Waals surface area contributed by atoms with E-state index in [1.54, 1.807) is 0 Å². The van der Waals surface area contributed by atoms with Gasteiger partial charge >= 0.3 is 0 Å². The molecule has 0 aromatic heterocycles. The van der Waals surface area contributed by atoms with Gasteiger partial charge in [0, 0.05) is 6.04 Å². The molecule has 1 aromatic carbocycles. The molecule has 1 aromatic rings. The van der Waals surface area contributed by atoms with Crippen LogP contribution in [0.25, 0.3) is 0 Å².